The maximum atomic E-state index is 12.1. The average Bonchev–Trinajstić information content (AvgIpc) is 3.08. The van der Waals surface area contributed by atoms with Crippen molar-refractivity contribution in [1.82, 2.24) is 4.72 Å². The first-order valence-electron chi connectivity index (χ1n) is 7.52. The van der Waals surface area contributed by atoms with Crippen LogP contribution in [0.1, 0.15) is 36.8 Å². The summed E-state index contributed by atoms with van der Waals surface area (Å²) in [6.45, 7) is 0.583. The molecular formula is C16H20N2O2S. The van der Waals surface area contributed by atoms with Crippen LogP contribution in [-0.4, -0.2) is 15.0 Å². The van der Waals surface area contributed by atoms with Crippen molar-refractivity contribution < 1.29 is 8.42 Å². The van der Waals surface area contributed by atoms with Gasteiger partial charge >= 0.3 is 0 Å². The number of nitriles is 1. The van der Waals surface area contributed by atoms with E-state index in [1.165, 1.54) is 25.7 Å². The molecule has 3 unspecified atom stereocenters. The maximum Gasteiger partial charge on any atom is 0.215 e. The second kappa shape index (κ2) is 5.78. The van der Waals surface area contributed by atoms with Crippen molar-refractivity contribution in [3.05, 3.63) is 35.4 Å². The Kier molecular flexibility index (Phi) is 4.01. The molecule has 3 rings (SSSR count). The Morgan fingerprint density at radius 2 is 1.95 bits per heavy atom. The first-order valence-corrected chi connectivity index (χ1v) is 9.17. The van der Waals surface area contributed by atoms with Crippen molar-refractivity contribution in [1.29, 1.82) is 5.26 Å². The van der Waals surface area contributed by atoms with Crippen LogP contribution in [0, 0.1) is 29.1 Å². The predicted octanol–water partition coefficient (Wildman–Crippen LogP) is 2.41. The monoisotopic (exact) mass is 304 g/mol. The number of hydrogen-bond acceptors (Lipinski definition) is 3. The highest BCUT2D eigenvalue weighted by Gasteiger charge is 2.39. The van der Waals surface area contributed by atoms with Crippen LogP contribution in [0.4, 0.5) is 0 Å². The van der Waals surface area contributed by atoms with Crippen molar-refractivity contribution in [3.63, 3.8) is 0 Å². The van der Waals surface area contributed by atoms with Gasteiger partial charge in [-0.3, -0.25) is 0 Å². The van der Waals surface area contributed by atoms with Crippen molar-refractivity contribution >= 4 is 10.0 Å². The van der Waals surface area contributed by atoms with Gasteiger partial charge in [0.2, 0.25) is 10.0 Å². The van der Waals surface area contributed by atoms with E-state index >= 15 is 0 Å². The van der Waals surface area contributed by atoms with E-state index in [4.69, 9.17) is 5.26 Å². The van der Waals surface area contributed by atoms with Crippen LogP contribution >= 0.6 is 0 Å². The highest BCUT2D eigenvalue weighted by atomic mass is 32.2. The summed E-state index contributed by atoms with van der Waals surface area (Å²) < 4.78 is 27.1. The Hall–Kier alpha value is -1.38. The van der Waals surface area contributed by atoms with Gasteiger partial charge in [0.25, 0.3) is 0 Å². The lowest BCUT2D eigenvalue weighted by atomic mass is 9.89. The van der Waals surface area contributed by atoms with Gasteiger partial charge < -0.3 is 0 Å². The summed E-state index contributed by atoms with van der Waals surface area (Å²) in [5.74, 6) is 2.08. The summed E-state index contributed by atoms with van der Waals surface area (Å²) in [6.07, 6.45) is 5.08. The molecule has 1 aromatic carbocycles. The lowest BCUT2D eigenvalue weighted by Crippen LogP contribution is -2.32. The van der Waals surface area contributed by atoms with Crippen molar-refractivity contribution in [2.45, 2.75) is 31.4 Å². The number of fused-ring (bicyclic) bond motifs is 2. The molecule has 21 heavy (non-hydrogen) atoms. The van der Waals surface area contributed by atoms with Gasteiger partial charge in [-0.1, -0.05) is 18.6 Å². The summed E-state index contributed by atoms with van der Waals surface area (Å²) in [5, 5.41) is 8.74. The second-order valence-corrected chi connectivity index (χ2v) is 8.16. The van der Waals surface area contributed by atoms with E-state index in [1.807, 2.05) is 6.07 Å². The van der Waals surface area contributed by atoms with Crippen LogP contribution in [0.25, 0.3) is 0 Å². The Balaban J connectivity index is 1.55. The molecule has 3 atom stereocenters. The fourth-order valence-corrected chi connectivity index (χ4v) is 5.01. The molecule has 112 valence electrons. The Bertz CT molecular complexity index is 646. The van der Waals surface area contributed by atoms with Crippen LogP contribution in [0.5, 0.6) is 0 Å². The van der Waals surface area contributed by atoms with E-state index in [0.29, 0.717) is 18.0 Å². The smallest absolute Gasteiger partial charge is 0.215 e. The number of nitrogens with one attached hydrogen (secondary N) is 1. The van der Waals surface area contributed by atoms with E-state index in [-0.39, 0.29) is 5.75 Å². The summed E-state index contributed by atoms with van der Waals surface area (Å²) in [6, 6.07) is 8.74. The summed E-state index contributed by atoms with van der Waals surface area (Å²) in [5.41, 5.74) is 1.26. The molecule has 0 aromatic heterocycles. The summed E-state index contributed by atoms with van der Waals surface area (Å²) in [4.78, 5) is 0. The largest absolute Gasteiger partial charge is 0.215 e. The minimum absolute atomic E-state index is 0.0144. The summed E-state index contributed by atoms with van der Waals surface area (Å²) >= 11 is 0. The third-order valence-electron chi connectivity index (χ3n) is 4.89. The molecule has 0 aliphatic heterocycles. The average molecular weight is 304 g/mol. The zero-order valence-corrected chi connectivity index (χ0v) is 12.8. The molecule has 2 fully saturated rings. The van der Waals surface area contributed by atoms with Crippen molar-refractivity contribution in [3.8, 4) is 6.07 Å². The molecule has 4 nitrogen and oxygen atoms in total. The van der Waals surface area contributed by atoms with Crippen LogP contribution in [0.2, 0.25) is 0 Å². The number of sulfonamides is 1. The highest BCUT2D eigenvalue weighted by molar-refractivity contribution is 7.88. The zero-order chi connectivity index (χ0) is 14.9. The van der Waals surface area contributed by atoms with Crippen molar-refractivity contribution in [2.75, 3.05) is 6.54 Å². The maximum absolute atomic E-state index is 12.1. The third-order valence-corrected chi connectivity index (χ3v) is 6.21. The van der Waals surface area contributed by atoms with E-state index in [2.05, 4.69) is 4.72 Å². The van der Waals surface area contributed by atoms with E-state index in [0.717, 1.165) is 17.4 Å². The van der Waals surface area contributed by atoms with Gasteiger partial charge in [0.05, 0.1) is 17.4 Å². The molecule has 5 heteroatoms. The minimum Gasteiger partial charge on any atom is -0.215 e. The van der Waals surface area contributed by atoms with Gasteiger partial charge in [-0.25, -0.2) is 13.1 Å². The quantitative estimate of drug-likeness (QED) is 0.908. The normalized spacial score (nSPS) is 27.7. The van der Waals surface area contributed by atoms with Crippen LogP contribution in [-0.2, 0) is 15.8 Å². The van der Waals surface area contributed by atoms with Crippen LogP contribution < -0.4 is 4.72 Å². The molecular weight excluding hydrogens is 284 g/mol. The van der Waals surface area contributed by atoms with Gasteiger partial charge in [0.15, 0.2) is 0 Å². The van der Waals surface area contributed by atoms with Gasteiger partial charge in [0, 0.05) is 6.54 Å². The second-order valence-electron chi connectivity index (χ2n) is 6.35. The topological polar surface area (TPSA) is 70.0 Å². The molecule has 2 bridgehead atoms. The van der Waals surface area contributed by atoms with Gasteiger partial charge in [-0.2, -0.15) is 5.26 Å². The lowest BCUT2D eigenvalue weighted by molar-refractivity contribution is 0.332. The molecule has 0 amide bonds. The van der Waals surface area contributed by atoms with Gasteiger partial charge in [0.1, 0.15) is 0 Å². The molecule has 0 saturated heterocycles. The number of rotatable bonds is 5. The van der Waals surface area contributed by atoms with Gasteiger partial charge in [-0.05, 0) is 54.7 Å². The Labute approximate surface area is 126 Å². The van der Waals surface area contributed by atoms with Crippen LogP contribution in [0.3, 0.4) is 0 Å². The molecule has 1 aromatic rings. The molecule has 2 aliphatic carbocycles. The van der Waals surface area contributed by atoms with E-state index < -0.39 is 10.0 Å². The van der Waals surface area contributed by atoms with Crippen molar-refractivity contribution in [2.24, 2.45) is 17.8 Å². The molecule has 0 spiro atoms. The molecule has 1 N–H and O–H groups in total. The van der Waals surface area contributed by atoms with Crippen LogP contribution in [0.15, 0.2) is 24.3 Å². The summed E-state index contributed by atoms with van der Waals surface area (Å²) in [7, 11) is -3.29. The molecule has 2 aliphatic rings. The Morgan fingerprint density at radius 1 is 1.19 bits per heavy atom. The minimum atomic E-state index is -3.29. The van der Waals surface area contributed by atoms with E-state index in [9.17, 15) is 8.42 Å². The first kappa shape index (κ1) is 14.6. The number of nitrogens with zero attached hydrogens (tertiary/aromatic N) is 1. The number of benzene rings is 1. The SMILES string of the molecule is N#Cc1ccc(CS(=O)(=O)NCC2CC3CCC2C3)cc1. The number of hydrogen-bond donors (Lipinski definition) is 1. The fraction of sp³-hybridized carbons (Fsp3) is 0.562. The third kappa shape index (κ3) is 3.45. The fourth-order valence-electron chi connectivity index (χ4n) is 3.81. The lowest BCUT2D eigenvalue weighted by Gasteiger charge is -2.21. The highest BCUT2D eigenvalue weighted by Crippen LogP contribution is 2.47. The standard InChI is InChI=1S/C16H20N2O2S/c17-9-12-1-3-13(4-2-12)11-21(19,20)18-10-16-8-14-5-6-15(16)7-14/h1-4,14-16,18H,5-8,10-11H2. The molecule has 0 heterocycles. The zero-order valence-electron chi connectivity index (χ0n) is 12.0. The molecule has 0 radical (unpaired) electrons. The molecule has 2 saturated carbocycles. The Morgan fingerprint density at radius 3 is 2.52 bits per heavy atom. The first-order chi connectivity index (χ1) is 10.1. The van der Waals surface area contributed by atoms with Gasteiger partial charge in [-0.15, -0.1) is 0 Å². The predicted molar refractivity (Wildman–Crippen MR) is 80.7 cm³/mol. The van der Waals surface area contributed by atoms with E-state index in [1.54, 1.807) is 24.3 Å².